The lowest BCUT2D eigenvalue weighted by molar-refractivity contribution is -0.133. The van der Waals surface area contributed by atoms with E-state index in [1.807, 2.05) is 31.0 Å². The fraction of sp³-hybridized carbons (Fsp3) is 0.462. The van der Waals surface area contributed by atoms with Crippen LogP contribution in [0.3, 0.4) is 0 Å². The van der Waals surface area contributed by atoms with Gasteiger partial charge in [0.1, 0.15) is 0 Å². The van der Waals surface area contributed by atoms with Crippen LogP contribution in [0.4, 0.5) is 0 Å². The van der Waals surface area contributed by atoms with E-state index in [2.05, 4.69) is 11.4 Å². The standard InChI is InChI=1S/C13H17ClN2O/c1-9-10(4-3-5-12(9)14)6-11-7-15-8-13(17)16(11)2/h3-5,11,15H,6-8H2,1-2H3. The smallest absolute Gasteiger partial charge is 0.236 e. The lowest BCUT2D eigenvalue weighted by Gasteiger charge is -2.33. The van der Waals surface area contributed by atoms with E-state index in [1.165, 1.54) is 5.56 Å². The third kappa shape index (κ3) is 2.61. The maximum Gasteiger partial charge on any atom is 0.236 e. The van der Waals surface area contributed by atoms with Gasteiger partial charge in [-0.25, -0.2) is 0 Å². The fourth-order valence-electron chi connectivity index (χ4n) is 2.15. The number of nitrogens with one attached hydrogen (secondary N) is 1. The Bertz CT molecular complexity index is 433. The molecule has 0 spiro atoms. The summed E-state index contributed by atoms with van der Waals surface area (Å²) in [6, 6.07) is 6.15. The molecule has 1 saturated heterocycles. The van der Waals surface area contributed by atoms with Crippen LogP contribution in [-0.4, -0.2) is 37.0 Å². The molecule has 1 aliphatic rings. The molecule has 1 heterocycles. The van der Waals surface area contributed by atoms with Crippen LogP contribution in [0.2, 0.25) is 5.02 Å². The average Bonchev–Trinajstić information content (AvgIpc) is 2.31. The Kier molecular flexibility index (Phi) is 3.69. The van der Waals surface area contributed by atoms with E-state index < -0.39 is 0 Å². The molecular weight excluding hydrogens is 236 g/mol. The molecule has 0 saturated carbocycles. The van der Waals surface area contributed by atoms with Crippen molar-refractivity contribution in [2.24, 2.45) is 0 Å². The molecule has 1 aromatic carbocycles. The zero-order valence-electron chi connectivity index (χ0n) is 10.2. The van der Waals surface area contributed by atoms with Crippen LogP contribution in [0.5, 0.6) is 0 Å². The first-order valence-electron chi connectivity index (χ1n) is 5.80. The molecule has 4 heteroatoms. The highest BCUT2D eigenvalue weighted by molar-refractivity contribution is 6.31. The van der Waals surface area contributed by atoms with Crippen LogP contribution in [0.25, 0.3) is 0 Å². The van der Waals surface area contributed by atoms with Crippen LogP contribution in [-0.2, 0) is 11.2 Å². The van der Waals surface area contributed by atoms with Crippen LogP contribution in [0, 0.1) is 6.92 Å². The minimum absolute atomic E-state index is 0.154. The normalized spacial score (nSPS) is 20.8. The topological polar surface area (TPSA) is 32.3 Å². The molecule has 3 nitrogen and oxygen atoms in total. The van der Waals surface area contributed by atoms with E-state index in [0.717, 1.165) is 23.6 Å². The van der Waals surface area contributed by atoms with E-state index in [-0.39, 0.29) is 11.9 Å². The number of carbonyl (C=O) groups is 1. The minimum atomic E-state index is 0.154. The number of hydrogen-bond donors (Lipinski definition) is 1. The monoisotopic (exact) mass is 252 g/mol. The second kappa shape index (κ2) is 5.07. The van der Waals surface area contributed by atoms with Crippen molar-refractivity contribution in [2.75, 3.05) is 20.1 Å². The number of hydrogen-bond acceptors (Lipinski definition) is 2. The molecular formula is C13H17ClN2O. The van der Waals surface area contributed by atoms with Crippen molar-refractivity contribution in [3.8, 4) is 0 Å². The number of nitrogens with zero attached hydrogens (tertiary/aromatic N) is 1. The Balaban J connectivity index is 2.15. The van der Waals surface area contributed by atoms with Crippen LogP contribution in [0.15, 0.2) is 18.2 Å². The highest BCUT2D eigenvalue weighted by Crippen LogP contribution is 2.21. The van der Waals surface area contributed by atoms with Crippen molar-refractivity contribution in [3.05, 3.63) is 34.3 Å². The van der Waals surface area contributed by atoms with E-state index in [0.29, 0.717) is 6.54 Å². The van der Waals surface area contributed by atoms with Crippen LogP contribution >= 0.6 is 11.6 Å². The minimum Gasteiger partial charge on any atom is -0.340 e. The summed E-state index contributed by atoms with van der Waals surface area (Å²) in [5.74, 6) is 0.154. The first kappa shape index (κ1) is 12.4. The maximum atomic E-state index is 11.6. The number of carbonyl (C=O) groups excluding carboxylic acids is 1. The number of piperazine rings is 1. The molecule has 1 N–H and O–H groups in total. The van der Waals surface area contributed by atoms with Gasteiger partial charge in [0.05, 0.1) is 6.54 Å². The second-order valence-corrected chi connectivity index (χ2v) is 4.92. The second-order valence-electron chi connectivity index (χ2n) is 4.52. The third-order valence-corrected chi connectivity index (χ3v) is 3.84. The lowest BCUT2D eigenvalue weighted by atomic mass is 9.99. The highest BCUT2D eigenvalue weighted by Gasteiger charge is 2.24. The Morgan fingerprint density at radius 1 is 1.53 bits per heavy atom. The molecule has 2 rings (SSSR count). The molecule has 1 aliphatic heterocycles. The van der Waals surface area contributed by atoms with Crippen molar-refractivity contribution >= 4 is 17.5 Å². The molecule has 1 atom stereocenters. The summed E-state index contributed by atoms with van der Waals surface area (Å²) in [6.07, 6.45) is 0.849. The molecule has 92 valence electrons. The molecule has 1 amide bonds. The molecule has 0 aromatic heterocycles. The Morgan fingerprint density at radius 3 is 3.06 bits per heavy atom. The van der Waals surface area contributed by atoms with Gasteiger partial charge in [-0.3, -0.25) is 4.79 Å². The van der Waals surface area contributed by atoms with Crippen molar-refractivity contribution in [1.82, 2.24) is 10.2 Å². The van der Waals surface area contributed by atoms with E-state index in [4.69, 9.17) is 11.6 Å². The predicted molar refractivity (Wildman–Crippen MR) is 69.3 cm³/mol. The van der Waals surface area contributed by atoms with Gasteiger partial charge in [0.25, 0.3) is 0 Å². The van der Waals surface area contributed by atoms with Gasteiger partial charge < -0.3 is 10.2 Å². The van der Waals surface area contributed by atoms with E-state index in [9.17, 15) is 4.79 Å². The zero-order valence-corrected chi connectivity index (χ0v) is 10.9. The number of amides is 1. The van der Waals surface area contributed by atoms with Crippen LogP contribution < -0.4 is 5.32 Å². The fourth-order valence-corrected chi connectivity index (χ4v) is 2.34. The first-order valence-corrected chi connectivity index (χ1v) is 6.17. The zero-order chi connectivity index (χ0) is 12.4. The molecule has 17 heavy (non-hydrogen) atoms. The molecule has 1 fully saturated rings. The van der Waals surface area contributed by atoms with Crippen molar-refractivity contribution in [3.63, 3.8) is 0 Å². The molecule has 0 radical (unpaired) electrons. The summed E-state index contributed by atoms with van der Waals surface area (Å²) in [4.78, 5) is 13.4. The van der Waals surface area contributed by atoms with Gasteiger partial charge in [-0.15, -0.1) is 0 Å². The number of benzene rings is 1. The lowest BCUT2D eigenvalue weighted by Crippen LogP contribution is -2.53. The largest absolute Gasteiger partial charge is 0.340 e. The summed E-state index contributed by atoms with van der Waals surface area (Å²) in [6.45, 7) is 3.31. The van der Waals surface area contributed by atoms with Gasteiger partial charge in [0.15, 0.2) is 0 Å². The summed E-state index contributed by atoms with van der Waals surface area (Å²) >= 11 is 6.10. The third-order valence-electron chi connectivity index (χ3n) is 3.43. The van der Waals surface area contributed by atoms with Crippen molar-refractivity contribution in [2.45, 2.75) is 19.4 Å². The highest BCUT2D eigenvalue weighted by atomic mass is 35.5. The Labute approximate surface area is 107 Å². The Hall–Kier alpha value is -1.06. The quantitative estimate of drug-likeness (QED) is 0.868. The van der Waals surface area contributed by atoms with Gasteiger partial charge in [-0.2, -0.15) is 0 Å². The van der Waals surface area contributed by atoms with Crippen molar-refractivity contribution < 1.29 is 4.79 Å². The van der Waals surface area contributed by atoms with Crippen molar-refractivity contribution in [1.29, 1.82) is 0 Å². The summed E-state index contributed by atoms with van der Waals surface area (Å²) in [5, 5.41) is 3.94. The SMILES string of the molecule is Cc1c(Cl)cccc1CC1CNCC(=O)N1C. The number of likely N-dealkylation sites (N-methyl/N-ethyl adjacent to an activating group) is 1. The first-order chi connectivity index (χ1) is 8.09. The summed E-state index contributed by atoms with van der Waals surface area (Å²) in [5.41, 5.74) is 2.33. The van der Waals surface area contributed by atoms with Gasteiger partial charge in [-0.05, 0) is 30.5 Å². The Morgan fingerprint density at radius 2 is 2.29 bits per heavy atom. The number of rotatable bonds is 2. The summed E-state index contributed by atoms with van der Waals surface area (Å²) < 4.78 is 0. The molecule has 0 bridgehead atoms. The van der Waals surface area contributed by atoms with Gasteiger partial charge >= 0.3 is 0 Å². The molecule has 0 aliphatic carbocycles. The van der Waals surface area contributed by atoms with Gasteiger partial charge in [-0.1, -0.05) is 23.7 Å². The van der Waals surface area contributed by atoms with Gasteiger partial charge in [0, 0.05) is 24.7 Å². The average molecular weight is 253 g/mol. The van der Waals surface area contributed by atoms with Crippen LogP contribution in [0.1, 0.15) is 11.1 Å². The van der Waals surface area contributed by atoms with E-state index in [1.54, 1.807) is 0 Å². The molecule has 1 unspecified atom stereocenters. The number of halogens is 1. The van der Waals surface area contributed by atoms with Gasteiger partial charge in [0.2, 0.25) is 5.91 Å². The summed E-state index contributed by atoms with van der Waals surface area (Å²) in [7, 11) is 1.87. The molecule has 1 aromatic rings. The van der Waals surface area contributed by atoms with E-state index >= 15 is 0 Å². The maximum absolute atomic E-state index is 11.6. The predicted octanol–water partition coefficient (Wildman–Crippen LogP) is 1.62.